The normalized spacial score (nSPS) is 34.6. The van der Waals surface area contributed by atoms with E-state index < -0.39 is 0 Å². The standard InChI is InChI=1S/C17H21N5O/c1-21-11-18-14-8-13(2-3-15(14)21)19-16-9-17(23-20-16)10-22-6-4-12(17)5-7-22/h2-3,8,11-12H,4-7,9-10H2,1H3,(H,19,20). The Labute approximate surface area is 135 Å². The maximum atomic E-state index is 6.05. The van der Waals surface area contributed by atoms with Crippen LogP contribution in [0.5, 0.6) is 0 Å². The van der Waals surface area contributed by atoms with Crippen molar-refractivity contribution in [2.45, 2.75) is 24.9 Å². The van der Waals surface area contributed by atoms with Gasteiger partial charge in [-0.05, 0) is 50.0 Å². The lowest BCUT2D eigenvalue weighted by Gasteiger charge is -2.49. The van der Waals surface area contributed by atoms with Crippen LogP contribution in [0.2, 0.25) is 0 Å². The number of hydroxylamine groups is 1. The molecule has 0 aliphatic carbocycles. The number of imidazole rings is 1. The molecule has 6 heteroatoms. The highest BCUT2D eigenvalue weighted by molar-refractivity contribution is 5.88. The average Bonchev–Trinajstić information content (AvgIpc) is 3.13. The zero-order valence-corrected chi connectivity index (χ0v) is 13.3. The van der Waals surface area contributed by atoms with Crippen molar-refractivity contribution in [1.82, 2.24) is 19.9 Å². The molecule has 4 saturated heterocycles. The minimum absolute atomic E-state index is 0.0650. The number of hydrogen-bond acceptors (Lipinski definition) is 4. The lowest BCUT2D eigenvalue weighted by molar-refractivity contribution is -0.150. The molecule has 4 aliphatic heterocycles. The molecule has 5 heterocycles. The molecule has 4 aliphatic rings. The molecule has 1 atom stereocenters. The molecule has 0 amide bonds. The first-order valence-corrected chi connectivity index (χ1v) is 8.37. The van der Waals surface area contributed by atoms with Gasteiger partial charge in [-0.25, -0.2) is 9.98 Å². The summed E-state index contributed by atoms with van der Waals surface area (Å²) in [5, 5.41) is 0. The fourth-order valence-electron chi connectivity index (χ4n) is 4.37. The van der Waals surface area contributed by atoms with Crippen molar-refractivity contribution in [3.63, 3.8) is 0 Å². The fraction of sp³-hybridized carbons (Fsp3) is 0.529. The van der Waals surface area contributed by atoms with Gasteiger partial charge in [-0.2, -0.15) is 0 Å². The van der Waals surface area contributed by atoms with E-state index in [1.807, 2.05) is 30.1 Å². The molecule has 1 aromatic heterocycles. The Hall–Kier alpha value is -1.92. The van der Waals surface area contributed by atoms with Crippen LogP contribution in [0, 0.1) is 5.92 Å². The third-order valence-electron chi connectivity index (χ3n) is 5.63. The minimum Gasteiger partial charge on any atom is -0.334 e. The SMILES string of the molecule is Cn1cnc2cc(N=C3CC4(CN5CCC4CC5)ON3)ccc21. The highest BCUT2D eigenvalue weighted by atomic mass is 16.7. The molecule has 1 aromatic carbocycles. The van der Waals surface area contributed by atoms with Crippen LogP contribution in [0.3, 0.4) is 0 Å². The Balaban J connectivity index is 1.42. The Morgan fingerprint density at radius 1 is 1.35 bits per heavy atom. The lowest BCUT2D eigenvalue weighted by Crippen LogP contribution is -2.59. The zero-order valence-electron chi connectivity index (χ0n) is 13.3. The van der Waals surface area contributed by atoms with Gasteiger partial charge in [0, 0.05) is 20.0 Å². The molecule has 120 valence electrons. The van der Waals surface area contributed by atoms with Gasteiger partial charge in [0.25, 0.3) is 0 Å². The quantitative estimate of drug-likeness (QED) is 0.875. The fourth-order valence-corrected chi connectivity index (χ4v) is 4.37. The highest BCUT2D eigenvalue weighted by Crippen LogP contribution is 2.42. The van der Waals surface area contributed by atoms with Crippen LogP contribution in [0.4, 0.5) is 5.69 Å². The summed E-state index contributed by atoms with van der Waals surface area (Å²) in [6.45, 7) is 3.47. The summed E-state index contributed by atoms with van der Waals surface area (Å²) in [5.41, 5.74) is 6.07. The van der Waals surface area contributed by atoms with Crippen molar-refractivity contribution in [3.05, 3.63) is 24.5 Å². The van der Waals surface area contributed by atoms with Gasteiger partial charge in [0.2, 0.25) is 0 Å². The Bertz CT molecular complexity index is 789. The second-order valence-corrected chi connectivity index (χ2v) is 7.08. The molecule has 4 fully saturated rings. The van der Waals surface area contributed by atoms with E-state index in [0.717, 1.165) is 35.5 Å². The second-order valence-electron chi connectivity index (χ2n) is 7.08. The Morgan fingerprint density at radius 2 is 2.22 bits per heavy atom. The number of nitrogens with one attached hydrogen (secondary N) is 1. The van der Waals surface area contributed by atoms with Gasteiger partial charge in [0.1, 0.15) is 11.4 Å². The number of aromatic nitrogens is 2. The van der Waals surface area contributed by atoms with E-state index >= 15 is 0 Å². The van der Waals surface area contributed by atoms with Crippen molar-refractivity contribution in [2.24, 2.45) is 18.0 Å². The van der Waals surface area contributed by atoms with Gasteiger partial charge in [-0.1, -0.05) is 0 Å². The van der Waals surface area contributed by atoms with Gasteiger partial charge in [-0.15, -0.1) is 0 Å². The molecule has 6 nitrogen and oxygen atoms in total. The minimum atomic E-state index is -0.0650. The second kappa shape index (κ2) is 4.79. The molecule has 1 unspecified atom stereocenters. The number of hydrogen-bond donors (Lipinski definition) is 1. The molecule has 2 bridgehead atoms. The molecular formula is C17H21N5O. The molecule has 0 radical (unpaired) electrons. The molecule has 23 heavy (non-hydrogen) atoms. The van der Waals surface area contributed by atoms with Crippen molar-refractivity contribution < 1.29 is 4.84 Å². The van der Waals surface area contributed by atoms with Gasteiger partial charge < -0.3 is 9.47 Å². The number of fused-ring (bicyclic) bond motifs is 3. The van der Waals surface area contributed by atoms with Gasteiger partial charge in [0.05, 0.1) is 23.0 Å². The van der Waals surface area contributed by atoms with E-state index in [9.17, 15) is 0 Å². The first kappa shape index (κ1) is 13.5. The molecule has 0 saturated carbocycles. The lowest BCUT2D eigenvalue weighted by atomic mass is 9.74. The Kier molecular flexibility index (Phi) is 2.81. The number of benzene rings is 1. The largest absolute Gasteiger partial charge is 0.334 e. The first-order valence-electron chi connectivity index (χ1n) is 8.37. The van der Waals surface area contributed by atoms with E-state index in [0.29, 0.717) is 5.92 Å². The van der Waals surface area contributed by atoms with Crippen molar-refractivity contribution in [2.75, 3.05) is 19.6 Å². The molecule has 1 N–H and O–H groups in total. The topological polar surface area (TPSA) is 54.7 Å². The van der Waals surface area contributed by atoms with E-state index in [1.54, 1.807) is 0 Å². The van der Waals surface area contributed by atoms with E-state index in [4.69, 9.17) is 9.83 Å². The Morgan fingerprint density at radius 3 is 3.00 bits per heavy atom. The van der Waals surface area contributed by atoms with Gasteiger partial charge in [0.15, 0.2) is 0 Å². The summed E-state index contributed by atoms with van der Waals surface area (Å²) >= 11 is 0. The summed E-state index contributed by atoms with van der Waals surface area (Å²) in [6, 6.07) is 6.15. The summed E-state index contributed by atoms with van der Waals surface area (Å²) in [7, 11) is 2.00. The third-order valence-corrected chi connectivity index (χ3v) is 5.63. The van der Waals surface area contributed by atoms with Crippen molar-refractivity contribution >= 4 is 22.6 Å². The third kappa shape index (κ3) is 2.09. The highest BCUT2D eigenvalue weighted by Gasteiger charge is 2.52. The number of piperidine rings is 3. The first-order chi connectivity index (χ1) is 11.2. The number of rotatable bonds is 1. The molecule has 6 rings (SSSR count). The van der Waals surface area contributed by atoms with Crippen LogP contribution in [0.15, 0.2) is 29.5 Å². The smallest absolute Gasteiger partial charge is 0.129 e. The number of amidine groups is 1. The van der Waals surface area contributed by atoms with Crippen LogP contribution < -0.4 is 5.48 Å². The van der Waals surface area contributed by atoms with E-state index in [2.05, 4.69) is 21.4 Å². The van der Waals surface area contributed by atoms with Crippen molar-refractivity contribution in [3.8, 4) is 0 Å². The van der Waals surface area contributed by atoms with Crippen LogP contribution in [-0.4, -0.2) is 45.5 Å². The maximum Gasteiger partial charge on any atom is 0.129 e. The predicted octanol–water partition coefficient (Wildman–Crippen LogP) is 1.99. The van der Waals surface area contributed by atoms with E-state index in [-0.39, 0.29) is 5.60 Å². The van der Waals surface area contributed by atoms with Crippen LogP contribution >= 0.6 is 0 Å². The van der Waals surface area contributed by atoms with E-state index in [1.165, 1.54) is 25.9 Å². The average molecular weight is 311 g/mol. The molecular weight excluding hydrogens is 290 g/mol. The summed E-state index contributed by atoms with van der Waals surface area (Å²) in [5.74, 6) is 1.60. The molecule has 1 spiro atoms. The van der Waals surface area contributed by atoms with Gasteiger partial charge >= 0.3 is 0 Å². The summed E-state index contributed by atoms with van der Waals surface area (Å²) in [6.07, 6.45) is 5.21. The predicted molar refractivity (Wildman–Crippen MR) is 88.5 cm³/mol. The number of nitrogens with zero attached hydrogens (tertiary/aromatic N) is 4. The van der Waals surface area contributed by atoms with Crippen LogP contribution in [-0.2, 0) is 11.9 Å². The number of aliphatic imine (C=N–C) groups is 1. The van der Waals surface area contributed by atoms with Crippen LogP contribution in [0.25, 0.3) is 11.0 Å². The molecule has 2 aromatic rings. The van der Waals surface area contributed by atoms with Crippen molar-refractivity contribution in [1.29, 1.82) is 0 Å². The summed E-state index contributed by atoms with van der Waals surface area (Å²) in [4.78, 5) is 17.7. The van der Waals surface area contributed by atoms with Crippen LogP contribution in [0.1, 0.15) is 19.3 Å². The monoisotopic (exact) mass is 311 g/mol. The summed E-state index contributed by atoms with van der Waals surface area (Å²) < 4.78 is 2.02. The maximum absolute atomic E-state index is 6.05. The zero-order chi connectivity index (χ0) is 15.4. The number of aryl methyl sites for hydroxylation is 1. The van der Waals surface area contributed by atoms with Gasteiger partial charge in [-0.3, -0.25) is 10.3 Å².